The van der Waals surface area contributed by atoms with Gasteiger partial charge in [0, 0.05) is 64.7 Å². The lowest BCUT2D eigenvalue weighted by atomic mass is 10.1. The molecule has 1 saturated heterocycles. The molecule has 0 radical (unpaired) electrons. The molecule has 1 atom stereocenters. The molecule has 1 N–H and O–H groups in total. The number of likely N-dealkylation sites (N-methyl/N-ethyl adjacent to an activating group) is 1. The quantitative estimate of drug-likeness (QED) is 0.316. The van der Waals surface area contributed by atoms with E-state index in [1.165, 1.54) is 5.56 Å². The van der Waals surface area contributed by atoms with Crippen LogP contribution in [0.15, 0.2) is 83.4 Å². The lowest BCUT2D eigenvalue weighted by molar-refractivity contribution is 0.347. The van der Waals surface area contributed by atoms with Crippen LogP contribution < -0.4 is 10.9 Å². The van der Waals surface area contributed by atoms with Gasteiger partial charge in [-0.05, 0) is 65.5 Å². The van der Waals surface area contributed by atoms with Crippen molar-refractivity contribution >= 4 is 45.8 Å². The molecule has 1 fully saturated rings. The predicted octanol–water partition coefficient (Wildman–Crippen LogP) is 5.43. The molecule has 37 heavy (non-hydrogen) atoms. The van der Waals surface area contributed by atoms with E-state index in [9.17, 15) is 4.79 Å². The maximum atomic E-state index is 13.0. The van der Waals surface area contributed by atoms with E-state index in [0.29, 0.717) is 23.4 Å². The summed E-state index contributed by atoms with van der Waals surface area (Å²) in [7, 11) is 2.18. The number of rotatable bonds is 6. The maximum Gasteiger partial charge on any atom is 0.252 e. The fraction of sp³-hybridized carbons (Fsp3) is 0.214. The zero-order chi connectivity index (χ0) is 25.2. The Morgan fingerprint density at radius 1 is 1.05 bits per heavy atom. The highest BCUT2D eigenvalue weighted by molar-refractivity contribution is 7.99. The number of nitrogens with zero attached hydrogens (tertiary/aromatic N) is 5. The number of anilines is 2. The van der Waals surface area contributed by atoms with Gasteiger partial charge in [0.05, 0.1) is 6.54 Å². The van der Waals surface area contributed by atoms with Crippen molar-refractivity contribution in [3.05, 3.63) is 99.4 Å². The van der Waals surface area contributed by atoms with Crippen molar-refractivity contribution in [1.82, 2.24) is 24.4 Å². The van der Waals surface area contributed by atoms with E-state index in [1.54, 1.807) is 46.6 Å². The summed E-state index contributed by atoms with van der Waals surface area (Å²) in [6.07, 6.45) is 5.33. The Hall–Kier alpha value is -3.53. The van der Waals surface area contributed by atoms with Crippen LogP contribution in [-0.4, -0.2) is 50.3 Å². The molecular weight excluding hydrogens is 500 g/mol. The second-order valence-electron chi connectivity index (χ2n) is 9.09. The van der Waals surface area contributed by atoms with E-state index in [-0.39, 0.29) is 5.56 Å². The minimum absolute atomic E-state index is 0.0921. The van der Waals surface area contributed by atoms with Gasteiger partial charge in [0.15, 0.2) is 0 Å². The summed E-state index contributed by atoms with van der Waals surface area (Å²) in [6, 6.07) is 17.9. The fourth-order valence-corrected chi connectivity index (χ4v) is 6.87. The number of thioether (sulfide) groups is 1. The second-order valence-corrected chi connectivity index (χ2v) is 11.4. The van der Waals surface area contributed by atoms with Gasteiger partial charge in [-0.15, -0.1) is 11.3 Å². The van der Waals surface area contributed by atoms with Gasteiger partial charge in [-0.1, -0.05) is 12.1 Å². The van der Waals surface area contributed by atoms with E-state index in [1.807, 2.05) is 23.9 Å². The summed E-state index contributed by atoms with van der Waals surface area (Å²) in [4.78, 5) is 29.8. The van der Waals surface area contributed by atoms with Gasteiger partial charge in [-0.25, -0.2) is 4.98 Å². The summed E-state index contributed by atoms with van der Waals surface area (Å²) in [5, 5.41) is 6.69. The van der Waals surface area contributed by atoms with E-state index in [4.69, 9.17) is 4.98 Å². The molecule has 5 aromatic rings. The first-order chi connectivity index (χ1) is 18.1. The number of thiophene rings is 1. The molecule has 0 amide bonds. The summed E-state index contributed by atoms with van der Waals surface area (Å²) in [5.74, 6) is 1.62. The fourth-order valence-electron chi connectivity index (χ4n) is 4.57. The van der Waals surface area contributed by atoms with Gasteiger partial charge >= 0.3 is 0 Å². The van der Waals surface area contributed by atoms with Crippen LogP contribution in [-0.2, 0) is 6.54 Å². The van der Waals surface area contributed by atoms with Gasteiger partial charge < -0.3 is 10.2 Å². The topological polar surface area (TPSA) is 75.9 Å². The van der Waals surface area contributed by atoms with Crippen LogP contribution >= 0.6 is 23.1 Å². The van der Waals surface area contributed by atoms with Crippen molar-refractivity contribution in [3.63, 3.8) is 0 Å². The minimum Gasteiger partial charge on any atom is -0.324 e. The molecule has 1 aromatic carbocycles. The largest absolute Gasteiger partial charge is 0.324 e. The van der Waals surface area contributed by atoms with Gasteiger partial charge in [-0.2, -0.15) is 16.7 Å². The van der Waals surface area contributed by atoms with E-state index in [0.717, 1.165) is 45.9 Å². The number of hydrogen-bond donors (Lipinski definition) is 1. The molecule has 1 aliphatic heterocycles. The SMILES string of the molecule is CN1CCSC(c2ccc(Nc3ncc4ccc(=O)n(Cc5sccc5-c5ccncc5)c4n3)cc2)C1. The number of fused-ring (bicyclic) bond motifs is 1. The Morgan fingerprint density at radius 2 is 1.89 bits per heavy atom. The molecule has 1 unspecified atom stereocenters. The van der Waals surface area contributed by atoms with E-state index >= 15 is 0 Å². The Bertz CT molecular complexity index is 1580. The highest BCUT2D eigenvalue weighted by Crippen LogP contribution is 2.33. The Morgan fingerprint density at radius 3 is 2.70 bits per heavy atom. The average Bonchev–Trinajstić information content (AvgIpc) is 3.40. The van der Waals surface area contributed by atoms with Crippen molar-refractivity contribution in [3.8, 4) is 11.1 Å². The predicted molar refractivity (Wildman–Crippen MR) is 153 cm³/mol. The standard InChI is InChI=1S/C28H26N6OS2/c1-33-13-15-37-24(17-33)20-2-5-22(6-3-20)31-28-30-16-21-4-7-26(35)34(27(21)32-28)18-25-23(10-14-36-25)19-8-11-29-12-9-19/h2-12,14,16,24H,13,15,17-18H2,1H3,(H,30,31,32). The molecule has 0 spiro atoms. The minimum atomic E-state index is -0.0921. The van der Waals surface area contributed by atoms with Crippen molar-refractivity contribution in [2.24, 2.45) is 0 Å². The first kappa shape index (κ1) is 23.8. The second kappa shape index (κ2) is 10.5. The molecule has 4 aromatic heterocycles. The van der Waals surface area contributed by atoms with Gasteiger partial charge in [0.1, 0.15) is 5.65 Å². The average molecular weight is 527 g/mol. The summed E-state index contributed by atoms with van der Waals surface area (Å²) in [5.41, 5.74) is 4.95. The Kier molecular flexibility index (Phi) is 6.73. The molecule has 186 valence electrons. The Balaban J connectivity index is 1.28. The molecular formula is C28H26N6OS2. The Labute approximate surface area is 223 Å². The molecule has 9 heteroatoms. The van der Waals surface area contributed by atoms with Crippen LogP contribution in [0.3, 0.4) is 0 Å². The molecule has 0 saturated carbocycles. The smallest absolute Gasteiger partial charge is 0.252 e. The molecule has 6 rings (SSSR count). The van der Waals surface area contributed by atoms with Crippen molar-refractivity contribution < 1.29 is 0 Å². The third-order valence-electron chi connectivity index (χ3n) is 6.57. The normalized spacial score (nSPS) is 16.2. The molecule has 0 bridgehead atoms. The molecule has 0 aliphatic carbocycles. The zero-order valence-electron chi connectivity index (χ0n) is 20.4. The van der Waals surface area contributed by atoms with Crippen molar-refractivity contribution in [2.45, 2.75) is 11.8 Å². The van der Waals surface area contributed by atoms with Crippen LogP contribution in [0, 0.1) is 0 Å². The lowest BCUT2D eigenvalue weighted by Crippen LogP contribution is -2.30. The van der Waals surface area contributed by atoms with Crippen molar-refractivity contribution in [2.75, 3.05) is 31.2 Å². The number of benzene rings is 1. The highest BCUT2D eigenvalue weighted by Gasteiger charge is 2.19. The zero-order valence-corrected chi connectivity index (χ0v) is 22.0. The van der Waals surface area contributed by atoms with Crippen molar-refractivity contribution in [1.29, 1.82) is 0 Å². The number of nitrogens with one attached hydrogen (secondary N) is 1. The summed E-state index contributed by atoms with van der Waals surface area (Å²) < 4.78 is 1.72. The third-order valence-corrected chi connectivity index (χ3v) is 8.72. The lowest BCUT2D eigenvalue weighted by Gasteiger charge is -2.29. The van der Waals surface area contributed by atoms with E-state index < -0.39 is 0 Å². The summed E-state index contributed by atoms with van der Waals surface area (Å²) in [6.45, 7) is 2.64. The monoisotopic (exact) mass is 526 g/mol. The number of hydrogen-bond acceptors (Lipinski definition) is 8. The molecule has 1 aliphatic rings. The summed E-state index contributed by atoms with van der Waals surface area (Å²) >= 11 is 3.65. The first-order valence-corrected chi connectivity index (χ1v) is 14.1. The molecule has 5 heterocycles. The van der Waals surface area contributed by atoms with Crippen LogP contribution in [0.2, 0.25) is 0 Å². The number of aromatic nitrogens is 4. The highest BCUT2D eigenvalue weighted by atomic mass is 32.2. The van der Waals surface area contributed by atoms with Gasteiger partial charge in [-0.3, -0.25) is 14.3 Å². The maximum absolute atomic E-state index is 13.0. The van der Waals surface area contributed by atoms with Crippen LogP contribution in [0.5, 0.6) is 0 Å². The third kappa shape index (κ3) is 5.16. The number of pyridine rings is 2. The molecule has 7 nitrogen and oxygen atoms in total. The van der Waals surface area contributed by atoms with Gasteiger partial charge in [0.25, 0.3) is 5.56 Å². The van der Waals surface area contributed by atoms with Crippen LogP contribution in [0.25, 0.3) is 22.2 Å². The van der Waals surface area contributed by atoms with E-state index in [2.05, 4.69) is 62.9 Å². The van der Waals surface area contributed by atoms with Crippen LogP contribution in [0.4, 0.5) is 11.6 Å². The van der Waals surface area contributed by atoms with Crippen LogP contribution in [0.1, 0.15) is 15.7 Å². The first-order valence-electron chi connectivity index (χ1n) is 12.1. The van der Waals surface area contributed by atoms with Gasteiger partial charge in [0.2, 0.25) is 5.95 Å².